The average Bonchev–Trinajstić information content (AvgIpc) is 2.71. The van der Waals surface area contributed by atoms with Gasteiger partial charge in [-0.15, -0.1) is 16.7 Å². The Morgan fingerprint density at radius 1 is 1.31 bits per heavy atom. The van der Waals surface area contributed by atoms with Gasteiger partial charge in [-0.05, 0) is 22.0 Å². The summed E-state index contributed by atoms with van der Waals surface area (Å²) >= 11 is 8.42. The third kappa shape index (κ3) is 2.08. The Labute approximate surface area is 103 Å². The molecule has 2 aromatic rings. The molecule has 0 unspecified atom stereocenters. The largest absolute Gasteiger partial charge is 0.217 e. The Hall–Kier alpha value is -1.01. The molecule has 3 nitrogen and oxygen atoms in total. The highest BCUT2D eigenvalue weighted by atomic mass is 79.9. The molecular formula is C9H5BrClF2N3. The minimum atomic E-state index is -0.598. The molecule has 0 atom stereocenters. The standard InChI is InChI=1S/C9H5BrClF2N3/c10-6-1-8(13)9(2-7(6)12)16-4-5(3-11)14-15-16/h1-2,4H,3H2. The fourth-order valence-electron chi connectivity index (χ4n) is 1.17. The first-order valence-corrected chi connectivity index (χ1v) is 5.56. The maximum absolute atomic E-state index is 13.5. The quantitative estimate of drug-likeness (QED) is 0.630. The summed E-state index contributed by atoms with van der Waals surface area (Å²) in [4.78, 5) is 0. The van der Waals surface area contributed by atoms with Gasteiger partial charge in [-0.2, -0.15) is 0 Å². The molecule has 0 aliphatic rings. The highest BCUT2D eigenvalue weighted by molar-refractivity contribution is 9.10. The predicted octanol–water partition coefficient (Wildman–Crippen LogP) is 3.05. The number of halogens is 4. The van der Waals surface area contributed by atoms with Crippen molar-refractivity contribution in [1.82, 2.24) is 15.0 Å². The molecule has 7 heteroatoms. The molecule has 84 valence electrons. The van der Waals surface area contributed by atoms with Crippen LogP contribution in [-0.2, 0) is 5.88 Å². The van der Waals surface area contributed by atoms with Crippen molar-refractivity contribution in [3.05, 3.63) is 40.1 Å². The van der Waals surface area contributed by atoms with E-state index in [0.29, 0.717) is 5.69 Å². The molecular weight excluding hydrogens is 303 g/mol. The van der Waals surface area contributed by atoms with E-state index in [1.54, 1.807) is 0 Å². The van der Waals surface area contributed by atoms with Crippen molar-refractivity contribution in [2.75, 3.05) is 0 Å². The van der Waals surface area contributed by atoms with Crippen LogP contribution in [0.4, 0.5) is 8.78 Å². The molecule has 16 heavy (non-hydrogen) atoms. The Kier molecular flexibility index (Phi) is 3.20. The van der Waals surface area contributed by atoms with Crippen LogP contribution in [0.25, 0.3) is 5.69 Å². The lowest BCUT2D eigenvalue weighted by Gasteiger charge is -2.03. The van der Waals surface area contributed by atoms with Gasteiger partial charge in [-0.3, -0.25) is 0 Å². The van der Waals surface area contributed by atoms with Crippen LogP contribution in [-0.4, -0.2) is 15.0 Å². The maximum atomic E-state index is 13.5. The Morgan fingerprint density at radius 2 is 2.06 bits per heavy atom. The summed E-state index contributed by atoms with van der Waals surface area (Å²) in [5.41, 5.74) is 0.481. The van der Waals surface area contributed by atoms with Gasteiger partial charge in [0.15, 0.2) is 0 Å². The number of alkyl halides is 1. The van der Waals surface area contributed by atoms with Gasteiger partial charge in [-0.1, -0.05) is 5.21 Å². The normalized spacial score (nSPS) is 10.8. The first-order chi connectivity index (χ1) is 7.61. The summed E-state index contributed by atoms with van der Waals surface area (Å²) in [6.45, 7) is 0. The van der Waals surface area contributed by atoms with Crippen molar-refractivity contribution >= 4 is 27.5 Å². The molecule has 0 amide bonds. The SMILES string of the molecule is Fc1cc(-n2cc(CCl)nn2)c(F)cc1Br. The molecule has 1 aromatic heterocycles. The zero-order valence-corrected chi connectivity index (χ0v) is 10.1. The Morgan fingerprint density at radius 3 is 2.69 bits per heavy atom. The molecule has 0 N–H and O–H groups in total. The number of hydrogen-bond acceptors (Lipinski definition) is 2. The van der Waals surface area contributed by atoms with E-state index in [2.05, 4.69) is 26.2 Å². The van der Waals surface area contributed by atoms with Crippen LogP contribution < -0.4 is 0 Å². The Bertz CT molecular complexity index is 529. The number of aromatic nitrogens is 3. The van der Waals surface area contributed by atoms with Gasteiger partial charge in [-0.25, -0.2) is 13.5 Å². The van der Waals surface area contributed by atoms with Crippen molar-refractivity contribution in [2.45, 2.75) is 5.88 Å². The minimum absolute atomic E-state index is 0.00966. The van der Waals surface area contributed by atoms with Gasteiger partial charge >= 0.3 is 0 Å². The number of benzene rings is 1. The molecule has 0 bridgehead atoms. The molecule has 0 fully saturated rings. The monoisotopic (exact) mass is 307 g/mol. The summed E-state index contributed by atoms with van der Waals surface area (Å²) in [5, 5.41) is 7.33. The van der Waals surface area contributed by atoms with Crippen molar-refractivity contribution in [2.24, 2.45) is 0 Å². The van der Waals surface area contributed by atoms with Gasteiger partial charge in [0.25, 0.3) is 0 Å². The second-order valence-corrected chi connectivity index (χ2v) is 4.13. The van der Waals surface area contributed by atoms with Crippen LogP contribution >= 0.6 is 27.5 Å². The molecule has 1 heterocycles. The summed E-state index contributed by atoms with van der Waals surface area (Å²) in [5.74, 6) is -1.00. The van der Waals surface area contributed by atoms with Crippen LogP contribution in [0, 0.1) is 11.6 Å². The second-order valence-electron chi connectivity index (χ2n) is 3.01. The highest BCUT2D eigenvalue weighted by Gasteiger charge is 2.11. The van der Waals surface area contributed by atoms with Gasteiger partial charge in [0.2, 0.25) is 0 Å². The van der Waals surface area contributed by atoms with E-state index >= 15 is 0 Å². The molecule has 0 saturated carbocycles. The smallest absolute Gasteiger partial charge is 0.150 e. The summed E-state index contributed by atoms with van der Waals surface area (Å²) < 4.78 is 27.9. The zero-order valence-electron chi connectivity index (χ0n) is 7.79. The van der Waals surface area contributed by atoms with E-state index in [1.165, 1.54) is 6.20 Å². The topological polar surface area (TPSA) is 30.7 Å². The lowest BCUT2D eigenvalue weighted by atomic mass is 10.3. The maximum Gasteiger partial charge on any atom is 0.150 e. The van der Waals surface area contributed by atoms with Crippen LogP contribution in [0.15, 0.2) is 22.8 Å². The molecule has 0 spiro atoms. The predicted molar refractivity (Wildman–Crippen MR) is 58.5 cm³/mol. The van der Waals surface area contributed by atoms with Crippen molar-refractivity contribution < 1.29 is 8.78 Å². The second kappa shape index (κ2) is 4.47. The zero-order chi connectivity index (χ0) is 11.7. The molecule has 1 aromatic carbocycles. The van der Waals surface area contributed by atoms with Gasteiger partial charge in [0.05, 0.1) is 22.2 Å². The van der Waals surface area contributed by atoms with Gasteiger partial charge in [0.1, 0.15) is 17.3 Å². The first-order valence-electron chi connectivity index (χ1n) is 4.24. The average molecular weight is 309 g/mol. The van der Waals surface area contributed by atoms with Gasteiger partial charge in [0, 0.05) is 6.07 Å². The minimum Gasteiger partial charge on any atom is -0.217 e. The Balaban J connectivity index is 2.51. The van der Waals surface area contributed by atoms with E-state index in [-0.39, 0.29) is 16.0 Å². The molecule has 0 aliphatic heterocycles. The summed E-state index contributed by atoms with van der Waals surface area (Å²) in [7, 11) is 0. The molecule has 0 saturated heterocycles. The van der Waals surface area contributed by atoms with Gasteiger partial charge < -0.3 is 0 Å². The molecule has 0 radical (unpaired) electrons. The van der Waals surface area contributed by atoms with E-state index in [0.717, 1.165) is 16.8 Å². The van der Waals surface area contributed by atoms with E-state index in [4.69, 9.17) is 11.6 Å². The van der Waals surface area contributed by atoms with E-state index in [1.807, 2.05) is 0 Å². The third-order valence-corrected chi connectivity index (χ3v) is 2.80. The number of rotatable bonds is 2. The first kappa shape index (κ1) is 11.5. The number of nitrogens with zero attached hydrogens (tertiary/aromatic N) is 3. The molecule has 0 aliphatic carbocycles. The van der Waals surface area contributed by atoms with Crippen LogP contribution in [0.2, 0.25) is 0 Å². The van der Waals surface area contributed by atoms with Crippen LogP contribution in [0.1, 0.15) is 5.69 Å². The molecule has 2 rings (SSSR count). The third-order valence-electron chi connectivity index (χ3n) is 1.91. The highest BCUT2D eigenvalue weighted by Crippen LogP contribution is 2.22. The summed E-state index contributed by atoms with van der Waals surface area (Å²) in [6, 6.07) is 2.07. The van der Waals surface area contributed by atoms with Crippen molar-refractivity contribution in [3.8, 4) is 5.69 Å². The van der Waals surface area contributed by atoms with Crippen LogP contribution in [0.5, 0.6) is 0 Å². The summed E-state index contributed by atoms with van der Waals surface area (Å²) in [6.07, 6.45) is 1.44. The lowest BCUT2D eigenvalue weighted by molar-refractivity contribution is 0.579. The van der Waals surface area contributed by atoms with Crippen LogP contribution in [0.3, 0.4) is 0 Å². The van der Waals surface area contributed by atoms with E-state index in [9.17, 15) is 8.78 Å². The lowest BCUT2D eigenvalue weighted by Crippen LogP contribution is -2.00. The van der Waals surface area contributed by atoms with Crippen molar-refractivity contribution in [1.29, 1.82) is 0 Å². The number of hydrogen-bond donors (Lipinski definition) is 0. The fraction of sp³-hybridized carbons (Fsp3) is 0.111. The fourth-order valence-corrected chi connectivity index (χ4v) is 1.60. The van der Waals surface area contributed by atoms with Crippen molar-refractivity contribution in [3.63, 3.8) is 0 Å². The van der Waals surface area contributed by atoms with E-state index < -0.39 is 11.6 Å².